The first kappa shape index (κ1) is 20.4. The number of esters is 1. The van der Waals surface area contributed by atoms with Gasteiger partial charge in [0.05, 0.1) is 24.6 Å². The molecular formula is C19H22N2O5S. The van der Waals surface area contributed by atoms with Crippen LogP contribution in [0.15, 0.2) is 48.5 Å². The molecule has 27 heavy (non-hydrogen) atoms. The molecule has 0 heterocycles. The second-order valence-corrected chi connectivity index (χ2v) is 7.99. The van der Waals surface area contributed by atoms with Crippen LogP contribution < -0.4 is 9.62 Å². The Morgan fingerprint density at radius 1 is 1.11 bits per heavy atom. The summed E-state index contributed by atoms with van der Waals surface area (Å²) in [6, 6.07) is 12.1. The van der Waals surface area contributed by atoms with Gasteiger partial charge < -0.3 is 10.1 Å². The van der Waals surface area contributed by atoms with Crippen LogP contribution in [0.4, 0.5) is 11.4 Å². The van der Waals surface area contributed by atoms with Crippen molar-refractivity contribution >= 4 is 33.3 Å². The van der Waals surface area contributed by atoms with E-state index < -0.39 is 27.9 Å². The van der Waals surface area contributed by atoms with E-state index in [4.69, 9.17) is 0 Å². The Kier molecular flexibility index (Phi) is 6.22. The van der Waals surface area contributed by atoms with E-state index in [9.17, 15) is 18.0 Å². The quantitative estimate of drug-likeness (QED) is 0.765. The molecule has 144 valence electrons. The number of benzene rings is 2. The van der Waals surface area contributed by atoms with Crippen LogP contribution >= 0.6 is 0 Å². The number of nitrogens with zero attached hydrogens (tertiary/aromatic N) is 1. The lowest BCUT2D eigenvalue weighted by molar-refractivity contribution is -0.116. The van der Waals surface area contributed by atoms with Gasteiger partial charge in [0.1, 0.15) is 6.04 Å². The van der Waals surface area contributed by atoms with Gasteiger partial charge >= 0.3 is 5.97 Å². The lowest BCUT2D eigenvalue weighted by Gasteiger charge is -2.28. The van der Waals surface area contributed by atoms with Crippen LogP contribution in [0.25, 0.3) is 0 Å². The highest BCUT2D eigenvalue weighted by molar-refractivity contribution is 7.92. The van der Waals surface area contributed by atoms with E-state index in [2.05, 4.69) is 10.1 Å². The zero-order valence-electron chi connectivity index (χ0n) is 15.6. The Morgan fingerprint density at radius 3 is 2.37 bits per heavy atom. The monoisotopic (exact) mass is 390 g/mol. The highest BCUT2D eigenvalue weighted by atomic mass is 32.2. The van der Waals surface area contributed by atoms with E-state index in [1.54, 1.807) is 36.4 Å². The molecule has 1 amide bonds. The maximum Gasteiger partial charge on any atom is 0.337 e. The van der Waals surface area contributed by atoms with Crippen molar-refractivity contribution in [1.82, 2.24) is 0 Å². The number of hydrogen-bond donors (Lipinski definition) is 1. The molecule has 0 radical (unpaired) electrons. The van der Waals surface area contributed by atoms with Crippen LogP contribution in [0, 0.1) is 6.92 Å². The molecule has 0 fully saturated rings. The Morgan fingerprint density at radius 2 is 1.78 bits per heavy atom. The molecule has 0 saturated carbocycles. The zero-order valence-corrected chi connectivity index (χ0v) is 16.4. The molecule has 0 bridgehead atoms. The lowest BCUT2D eigenvalue weighted by Crippen LogP contribution is -2.45. The van der Waals surface area contributed by atoms with Gasteiger partial charge in [0.2, 0.25) is 15.9 Å². The van der Waals surface area contributed by atoms with Gasteiger partial charge in [0.15, 0.2) is 0 Å². The number of anilines is 2. The number of ether oxygens (including phenoxy) is 1. The van der Waals surface area contributed by atoms with Gasteiger partial charge in [-0.1, -0.05) is 18.2 Å². The van der Waals surface area contributed by atoms with E-state index >= 15 is 0 Å². The predicted octanol–water partition coefficient (Wildman–Crippen LogP) is 2.57. The predicted molar refractivity (Wildman–Crippen MR) is 104 cm³/mol. The van der Waals surface area contributed by atoms with Gasteiger partial charge in [-0.2, -0.15) is 0 Å². The maximum absolute atomic E-state index is 12.7. The number of sulfonamides is 1. The molecular weight excluding hydrogens is 368 g/mol. The Balaban J connectivity index is 2.29. The SMILES string of the molecule is COC(=O)c1cccc(NC(=O)[C@H](C)N(c2cccc(C)c2)S(C)(=O)=O)c1. The second-order valence-electron chi connectivity index (χ2n) is 6.14. The van der Waals surface area contributed by atoms with Crippen LogP contribution in [0.1, 0.15) is 22.8 Å². The summed E-state index contributed by atoms with van der Waals surface area (Å²) < 4.78 is 30.3. The summed E-state index contributed by atoms with van der Waals surface area (Å²) in [7, 11) is -2.43. The van der Waals surface area contributed by atoms with Crippen LogP contribution in [0.5, 0.6) is 0 Å². The molecule has 2 aromatic carbocycles. The summed E-state index contributed by atoms with van der Waals surface area (Å²) in [6.45, 7) is 3.34. The van der Waals surface area contributed by atoms with Gasteiger partial charge in [-0.25, -0.2) is 13.2 Å². The van der Waals surface area contributed by atoms with Crippen molar-refractivity contribution in [3.63, 3.8) is 0 Å². The molecule has 8 heteroatoms. The van der Waals surface area contributed by atoms with Gasteiger partial charge in [0, 0.05) is 5.69 Å². The van der Waals surface area contributed by atoms with Crippen molar-refractivity contribution in [2.24, 2.45) is 0 Å². The zero-order chi connectivity index (χ0) is 20.2. The number of rotatable bonds is 6. The first-order valence-corrected chi connectivity index (χ1v) is 10.0. The number of amides is 1. The van der Waals surface area contributed by atoms with Gasteiger partial charge in [0.25, 0.3) is 0 Å². The van der Waals surface area contributed by atoms with E-state index in [0.717, 1.165) is 16.1 Å². The fourth-order valence-corrected chi connectivity index (χ4v) is 3.83. The van der Waals surface area contributed by atoms with E-state index in [1.165, 1.54) is 20.1 Å². The normalized spacial score (nSPS) is 12.1. The van der Waals surface area contributed by atoms with Gasteiger partial charge in [-0.05, 0) is 49.7 Å². The van der Waals surface area contributed by atoms with Crippen molar-refractivity contribution in [3.8, 4) is 0 Å². The fraction of sp³-hybridized carbons (Fsp3) is 0.263. The van der Waals surface area contributed by atoms with Gasteiger partial charge in [-0.3, -0.25) is 9.10 Å². The number of nitrogens with one attached hydrogen (secondary N) is 1. The number of carbonyl (C=O) groups is 2. The first-order chi connectivity index (χ1) is 12.6. The highest BCUT2D eigenvalue weighted by Gasteiger charge is 2.29. The summed E-state index contributed by atoms with van der Waals surface area (Å²) in [6.07, 6.45) is 1.05. The van der Waals surface area contributed by atoms with Crippen molar-refractivity contribution in [3.05, 3.63) is 59.7 Å². The first-order valence-electron chi connectivity index (χ1n) is 8.19. The maximum atomic E-state index is 12.7. The van der Waals surface area contributed by atoms with Crippen LogP contribution in [-0.2, 0) is 19.6 Å². The summed E-state index contributed by atoms with van der Waals surface area (Å²) in [5.41, 5.74) is 1.93. The molecule has 0 saturated heterocycles. The van der Waals surface area contributed by atoms with Crippen LogP contribution in [0.3, 0.4) is 0 Å². The van der Waals surface area contributed by atoms with Crippen molar-refractivity contribution in [1.29, 1.82) is 0 Å². The third-order valence-corrected chi connectivity index (χ3v) is 5.14. The molecule has 0 aliphatic carbocycles. The van der Waals surface area contributed by atoms with E-state index in [0.29, 0.717) is 11.4 Å². The lowest BCUT2D eigenvalue weighted by atomic mass is 10.2. The Bertz CT molecular complexity index is 956. The third-order valence-electron chi connectivity index (χ3n) is 3.90. The molecule has 0 aliphatic rings. The summed E-state index contributed by atoms with van der Waals surface area (Å²) >= 11 is 0. The van der Waals surface area contributed by atoms with Crippen molar-refractivity contribution in [2.75, 3.05) is 23.0 Å². The molecule has 1 atom stereocenters. The topological polar surface area (TPSA) is 92.8 Å². The molecule has 0 spiro atoms. The van der Waals surface area contributed by atoms with Crippen molar-refractivity contribution in [2.45, 2.75) is 19.9 Å². The van der Waals surface area contributed by atoms with Crippen molar-refractivity contribution < 1.29 is 22.7 Å². The smallest absolute Gasteiger partial charge is 0.337 e. The Labute approximate surface area is 159 Å². The summed E-state index contributed by atoms with van der Waals surface area (Å²) in [4.78, 5) is 24.3. The average molecular weight is 390 g/mol. The molecule has 0 unspecified atom stereocenters. The minimum Gasteiger partial charge on any atom is -0.465 e. The van der Waals surface area contributed by atoms with Gasteiger partial charge in [-0.15, -0.1) is 0 Å². The number of aryl methyl sites for hydroxylation is 1. The largest absolute Gasteiger partial charge is 0.465 e. The average Bonchev–Trinajstić information content (AvgIpc) is 2.60. The van der Waals surface area contributed by atoms with Crippen LogP contribution in [-0.4, -0.2) is 39.7 Å². The minimum atomic E-state index is -3.70. The molecule has 0 aliphatic heterocycles. The molecule has 1 N–H and O–H groups in total. The molecule has 2 aromatic rings. The summed E-state index contributed by atoms with van der Waals surface area (Å²) in [5, 5.41) is 2.65. The molecule has 7 nitrogen and oxygen atoms in total. The summed E-state index contributed by atoms with van der Waals surface area (Å²) in [5.74, 6) is -1.05. The second kappa shape index (κ2) is 8.22. The molecule has 2 rings (SSSR count). The third kappa shape index (κ3) is 5.07. The minimum absolute atomic E-state index is 0.279. The Hall–Kier alpha value is -2.87. The van der Waals surface area contributed by atoms with E-state index in [1.807, 2.05) is 13.0 Å². The van der Waals surface area contributed by atoms with Crippen LogP contribution in [0.2, 0.25) is 0 Å². The number of methoxy groups -OCH3 is 1. The number of hydrogen-bond acceptors (Lipinski definition) is 5. The number of carbonyl (C=O) groups excluding carboxylic acids is 2. The fourth-order valence-electron chi connectivity index (χ4n) is 2.66. The standard InChI is InChI=1S/C19H22N2O5S/c1-13-7-5-10-17(11-13)21(27(4,24)25)14(2)18(22)20-16-9-6-8-15(12-16)19(23)26-3/h5-12,14H,1-4H3,(H,20,22)/t14-/m0/s1. The van der Waals surface area contributed by atoms with E-state index in [-0.39, 0.29) is 5.56 Å². The highest BCUT2D eigenvalue weighted by Crippen LogP contribution is 2.23. The molecule has 0 aromatic heterocycles.